The van der Waals surface area contributed by atoms with E-state index in [0.717, 1.165) is 28.4 Å². The third-order valence-electron chi connectivity index (χ3n) is 6.46. The van der Waals surface area contributed by atoms with E-state index in [1.165, 1.54) is 4.90 Å². The summed E-state index contributed by atoms with van der Waals surface area (Å²) in [5, 5.41) is 3.86. The van der Waals surface area contributed by atoms with Crippen molar-refractivity contribution in [2.75, 3.05) is 13.2 Å². The van der Waals surface area contributed by atoms with E-state index < -0.39 is 6.04 Å². The van der Waals surface area contributed by atoms with Gasteiger partial charge in [-0.05, 0) is 63.7 Å². The van der Waals surface area contributed by atoms with Gasteiger partial charge in [0, 0.05) is 35.1 Å². The van der Waals surface area contributed by atoms with Crippen LogP contribution in [0.15, 0.2) is 71.2 Å². The van der Waals surface area contributed by atoms with Crippen LogP contribution in [0.5, 0.6) is 5.75 Å². The molecule has 0 bridgehead atoms. The van der Waals surface area contributed by atoms with Gasteiger partial charge in [0.25, 0.3) is 5.91 Å². The van der Waals surface area contributed by atoms with E-state index in [4.69, 9.17) is 27.9 Å². The zero-order valence-electron chi connectivity index (χ0n) is 22.6. The fourth-order valence-electron chi connectivity index (χ4n) is 4.13. The third-order valence-corrected chi connectivity index (χ3v) is 7.79. The maximum Gasteiger partial charge on any atom is 0.261 e. The largest absolute Gasteiger partial charge is 0.483 e. The summed E-state index contributed by atoms with van der Waals surface area (Å²) >= 11 is 16.6. The molecule has 2 amide bonds. The molecule has 0 aromatic heterocycles. The van der Waals surface area contributed by atoms with Crippen LogP contribution in [0.4, 0.5) is 0 Å². The minimum Gasteiger partial charge on any atom is -0.483 e. The number of carbonyl (C=O) groups is 2. The molecule has 3 rings (SSSR count). The first-order chi connectivity index (χ1) is 18.7. The molecule has 8 heteroatoms. The topological polar surface area (TPSA) is 58.6 Å². The van der Waals surface area contributed by atoms with Crippen molar-refractivity contribution in [2.24, 2.45) is 0 Å². The van der Waals surface area contributed by atoms with Gasteiger partial charge in [-0.3, -0.25) is 9.59 Å². The minimum absolute atomic E-state index is 0.0624. The van der Waals surface area contributed by atoms with Crippen LogP contribution in [-0.4, -0.2) is 35.9 Å². The van der Waals surface area contributed by atoms with Crippen molar-refractivity contribution in [3.8, 4) is 5.75 Å². The van der Waals surface area contributed by atoms with Crippen molar-refractivity contribution in [1.82, 2.24) is 10.2 Å². The van der Waals surface area contributed by atoms with Gasteiger partial charge in [0.05, 0.1) is 4.47 Å². The quantitative estimate of drug-likeness (QED) is 0.195. The fraction of sp³-hybridized carbons (Fsp3) is 0.355. The van der Waals surface area contributed by atoms with Crippen LogP contribution < -0.4 is 10.1 Å². The van der Waals surface area contributed by atoms with Gasteiger partial charge in [0.2, 0.25) is 5.91 Å². The lowest BCUT2D eigenvalue weighted by Crippen LogP contribution is -2.52. The minimum atomic E-state index is -0.792. The van der Waals surface area contributed by atoms with E-state index >= 15 is 0 Å². The summed E-state index contributed by atoms with van der Waals surface area (Å²) in [6.07, 6.45) is 2.12. The highest BCUT2D eigenvalue weighted by molar-refractivity contribution is 9.10. The molecular formula is C31H35BrCl2N2O3. The third kappa shape index (κ3) is 8.99. The summed E-state index contributed by atoms with van der Waals surface area (Å²) in [6, 6.07) is 19.9. The number of halogens is 3. The van der Waals surface area contributed by atoms with Crippen molar-refractivity contribution in [3.05, 3.63) is 97.9 Å². The number of hydrogen-bond acceptors (Lipinski definition) is 3. The van der Waals surface area contributed by atoms with Crippen LogP contribution in [0.25, 0.3) is 0 Å². The maximum atomic E-state index is 13.8. The van der Waals surface area contributed by atoms with Crippen molar-refractivity contribution < 1.29 is 14.3 Å². The molecule has 3 aromatic carbocycles. The monoisotopic (exact) mass is 632 g/mol. The molecule has 3 aromatic rings. The van der Waals surface area contributed by atoms with Crippen LogP contribution in [0.1, 0.15) is 56.2 Å². The first-order valence-corrected chi connectivity index (χ1v) is 14.7. The average molecular weight is 634 g/mol. The van der Waals surface area contributed by atoms with E-state index in [-0.39, 0.29) is 25.0 Å². The molecule has 0 fully saturated rings. The number of benzene rings is 3. The van der Waals surface area contributed by atoms with E-state index in [1.807, 2.05) is 48.5 Å². The Balaban J connectivity index is 1.93. The Morgan fingerprint density at radius 1 is 1.00 bits per heavy atom. The highest BCUT2D eigenvalue weighted by Crippen LogP contribution is 2.30. The van der Waals surface area contributed by atoms with Gasteiger partial charge in [-0.1, -0.05) is 92.9 Å². The Morgan fingerprint density at radius 2 is 1.69 bits per heavy atom. The Labute approximate surface area is 250 Å². The summed E-state index contributed by atoms with van der Waals surface area (Å²) in [5.41, 5.74) is 2.67. The summed E-state index contributed by atoms with van der Waals surface area (Å²) in [4.78, 5) is 28.9. The predicted octanol–water partition coefficient (Wildman–Crippen LogP) is 7.81. The van der Waals surface area contributed by atoms with E-state index in [2.05, 4.69) is 42.0 Å². The summed E-state index contributed by atoms with van der Waals surface area (Å²) in [7, 11) is 0. The summed E-state index contributed by atoms with van der Waals surface area (Å²) < 4.78 is 6.72. The second-order valence-corrected chi connectivity index (χ2v) is 11.4. The van der Waals surface area contributed by atoms with Gasteiger partial charge in [-0.15, -0.1) is 0 Å². The Kier molecular flexibility index (Phi) is 12.2. The van der Waals surface area contributed by atoms with E-state index in [0.29, 0.717) is 40.2 Å². The van der Waals surface area contributed by atoms with Crippen molar-refractivity contribution >= 4 is 50.9 Å². The average Bonchev–Trinajstić information content (AvgIpc) is 2.91. The van der Waals surface area contributed by atoms with Gasteiger partial charge in [-0.25, -0.2) is 0 Å². The SMILES string of the molecule is CCCCNC(=O)C(Cc1ccccc1)N(Cc1c(Cl)cccc1Cl)C(=O)COc1ccc(C(C)C)cc1Br. The highest BCUT2D eigenvalue weighted by atomic mass is 79.9. The van der Waals surface area contributed by atoms with Crippen molar-refractivity contribution in [1.29, 1.82) is 0 Å². The fourth-order valence-corrected chi connectivity index (χ4v) is 5.16. The number of unbranched alkanes of at least 4 members (excludes halogenated alkanes) is 1. The normalized spacial score (nSPS) is 11.8. The van der Waals surface area contributed by atoms with Gasteiger partial charge in [-0.2, -0.15) is 0 Å². The lowest BCUT2D eigenvalue weighted by molar-refractivity contribution is -0.142. The first kappa shape index (κ1) is 31.0. The predicted molar refractivity (Wildman–Crippen MR) is 163 cm³/mol. The molecule has 1 unspecified atom stereocenters. The molecule has 0 saturated heterocycles. The van der Waals surface area contributed by atoms with E-state index in [9.17, 15) is 9.59 Å². The standard InChI is InChI=1S/C31H35BrCl2N2O3/c1-4-5-16-35-31(38)28(17-22-10-7-6-8-11-22)36(19-24-26(33)12-9-13-27(24)34)30(37)20-39-29-15-14-23(21(2)3)18-25(29)32/h6-15,18,21,28H,4-5,16-17,19-20H2,1-3H3,(H,35,38). The number of rotatable bonds is 13. The molecule has 0 radical (unpaired) electrons. The van der Waals surface area contributed by atoms with E-state index in [1.54, 1.807) is 18.2 Å². The highest BCUT2D eigenvalue weighted by Gasteiger charge is 2.31. The second-order valence-electron chi connectivity index (χ2n) is 9.71. The molecule has 0 aliphatic rings. The number of ether oxygens (including phenoxy) is 1. The smallest absolute Gasteiger partial charge is 0.261 e. The molecule has 0 aliphatic carbocycles. The molecule has 39 heavy (non-hydrogen) atoms. The van der Waals surface area contributed by atoms with Crippen molar-refractivity contribution in [3.63, 3.8) is 0 Å². The zero-order chi connectivity index (χ0) is 28.4. The zero-order valence-corrected chi connectivity index (χ0v) is 25.7. The van der Waals surface area contributed by atoms with Crippen LogP contribution >= 0.6 is 39.1 Å². The molecule has 0 aliphatic heterocycles. The Bertz CT molecular complexity index is 1230. The maximum absolute atomic E-state index is 13.8. The Morgan fingerprint density at radius 3 is 2.31 bits per heavy atom. The molecule has 0 heterocycles. The molecular weight excluding hydrogens is 599 g/mol. The number of nitrogens with zero attached hydrogens (tertiary/aromatic N) is 1. The van der Waals surface area contributed by atoms with Crippen LogP contribution in [0.3, 0.4) is 0 Å². The molecule has 0 saturated carbocycles. The van der Waals surface area contributed by atoms with Gasteiger partial charge in [0.15, 0.2) is 6.61 Å². The van der Waals surface area contributed by atoms with Crippen LogP contribution in [0, 0.1) is 0 Å². The Hall–Kier alpha value is -2.54. The summed E-state index contributed by atoms with van der Waals surface area (Å²) in [6.45, 7) is 6.62. The molecule has 1 atom stereocenters. The van der Waals surface area contributed by atoms with Crippen LogP contribution in [0.2, 0.25) is 10.0 Å². The first-order valence-electron chi connectivity index (χ1n) is 13.2. The van der Waals surface area contributed by atoms with Crippen LogP contribution in [-0.2, 0) is 22.6 Å². The number of hydrogen-bond donors (Lipinski definition) is 1. The molecule has 1 N–H and O–H groups in total. The van der Waals surface area contributed by atoms with Gasteiger partial charge in [0.1, 0.15) is 11.8 Å². The summed E-state index contributed by atoms with van der Waals surface area (Å²) in [5.74, 6) is 0.331. The number of amides is 2. The van der Waals surface area contributed by atoms with Gasteiger partial charge < -0.3 is 15.0 Å². The van der Waals surface area contributed by atoms with Crippen molar-refractivity contribution in [2.45, 2.75) is 58.5 Å². The van der Waals surface area contributed by atoms with Gasteiger partial charge >= 0.3 is 0 Å². The number of carbonyl (C=O) groups excluding carboxylic acids is 2. The lowest BCUT2D eigenvalue weighted by atomic mass is 10.0. The number of nitrogens with one attached hydrogen (secondary N) is 1. The second kappa shape index (κ2) is 15.3. The lowest BCUT2D eigenvalue weighted by Gasteiger charge is -2.32. The molecule has 208 valence electrons. The molecule has 5 nitrogen and oxygen atoms in total. The molecule has 0 spiro atoms.